The number of thioether (sulfide) groups is 1. The fraction of sp³-hybridized carbons (Fsp3) is 0.300. The van der Waals surface area contributed by atoms with Crippen molar-refractivity contribution in [3.63, 3.8) is 0 Å². The predicted molar refractivity (Wildman–Crippen MR) is 144 cm³/mol. The number of Topliss-reactive ketones (excluding diaryl/α,β-unsaturated/α-hetero) is 1. The lowest BCUT2D eigenvalue weighted by molar-refractivity contribution is -0.121. The largest absolute Gasteiger partial charge is 0.383 e. The number of nitriles is 1. The van der Waals surface area contributed by atoms with Gasteiger partial charge < -0.3 is 10.6 Å². The molecule has 0 aliphatic heterocycles. The number of carbonyl (C=O) groups excluding carboxylic acids is 2. The zero-order chi connectivity index (χ0) is 24.9. The molecular weight excluding hydrogens is 466 g/mol. The van der Waals surface area contributed by atoms with E-state index >= 15 is 0 Å². The van der Waals surface area contributed by atoms with Gasteiger partial charge in [0.25, 0.3) is 0 Å². The molecule has 0 heterocycles. The highest BCUT2D eigenvalue weighted by atomic mass is 32.2. The molecule has 0 aromatic heterocycles. The maximum atomic E-state index is 13.3. The summed E-state index contributed by atoms with van der Waals surface area (Å²) in [7, 11) is 0. The number of benzene rings is 3. The van der Waals surface area contributed by atoms with Crippen LogP contribution in [-0.4, -0.2) is 23.5 Å². The Kier molecular flexibility index (Phi) is 7.39. The standard InChI is InChI=1S/C30H29N3O2S/c31-18-25-29(32-17-16-27(34)33-19-20-8-3-1-4-9-20)23-14-15-26(36-21-10-5-2-6-11-21)22-12-7-13-24(28(22)23)30(25)35/h1,3-4,7-9,12-15,21,32H,2,5-6,10-11,16-17,19H2,(H,33,34). The Morgan fingerprint density at radius 3 is 2.56 bits per heavy atom. The van der Waals surface area contributed by atoms with Crippen LogP contribution >= 0.6 is 11.8 Å². The van der Waals surface area contributed by atoms with Gasteiger partial charge in [0, 0.05) is 46.2 Å². The summed E-state index contributed by atoms with van der Waals surface area (Å²) < 4.78 is 0. The van der Waals surface area contributed by atoms with Crippen molar-refractivity contribution < 1.29 is 9.59 Å². The topological polar surface area (TPSA) is 82.0 Å². The van der Waals surface area contributed by atoms with Crippen molar-refractivity contribution in [1.82, 2.24) is 10.6 Å². The highest BCUT2D eigenvalue weighted by Gasteiger charge is 2.29. The molecule has 0 spiro atoms. The molecule has 1 saturated carbocycles. The van der Waals surface area contributed by atoms with Crippen molar-refractivity contribution in [2.75, 3.05) is 6.54 Å². The third-order valence-corrected chi connectivity index (χ3v) is 8.35. The number of hydrogen-bond donors (Lipinski definition) is 2. The van der Waals surface area contributed by atoms with E-state index in [9.17, 15) is 14.9 Å². The molecule has 5 rings (SSSR count). The van der Waals surface area contributed by atoms with Crippen LogP contribution in [0.5, 0.6) is 0 Å². The molecule has 3 aromatic carbocycles. The summed E-state index contributed by atoms with van der Waals surface area (Å²) in [4.78, 5) is 26.9. The van der Waals surface area contributed by atoms with Crippen LogP contribution in [0.4, 0.5) is 0 Å². The second kappa shape index (κ2) is 11.0. The zero-order valence-corrected chi connectivity index (χ0v) is 21.0. The lowest BCUT2D eigenvalue weighted by atomic mass is 9.86. The van der Waals surface area contributed by atoms with E-state index in [1.165, 1.54) is 37.0 Å². The first kappa shape index (κ1) is 24.1. The van der Waals surface area contributed by atoms with Gasteiger partial charge in [0.2, 0.25) is 11.7 Å². The van der Waals surface area contributed by atoms with Crippen LogP contribution in [0, 0.1) is 11.3 Å². The Hall–Kier alpha value is -3.56. The van der Waals surface area contributed by atoms with Crippen molar-refractivity contribution in [2.24, 2.45) is 0 Å². The van der Waals surface area contributed by atoms with Crippen molar-refractivity contribution >= 4 is 39.9 Å². The number of carbonyl (C=O) groups is 2. The van der Waals surface area contributed by atoms with Gasteiger partial charge in [-0.05, 0) is 29.9 Å². The first-order valence-electron chi connectivity index (χ1n) is 12.6. The molecule has 3 aromatic rings. The first-order valence-corrected chi connectivity index (χ1v) is 13.5. The van der Waals surface area contributed by atoms with E-state index in [4.69, 9.17) is 0 Å². The summed E-state index contributed by atoms with van der Waals surface area (Å²) in [6.45, 7) is 0.801. The fourth-order valence-corrected chi connectivity index (χ4v) is 6.47. The minimum atomic E-state index is -0.258. The number of nitrogens with zero attached hydrogens (tertiary/aromatic N) is 1. The minimum absolute atomic E-state index is 0.0858. The normalized spacial score (nSPS) is 15.6. The molecule has 6 heteroatoms. The van der Waals surface area contributed by atoms with Crippen LogP contribution in [0.3, 0.4) is 0 Å². The van der Waals surface area contributed by atoms with Crippen LogP contribution in [0.2, 0.25) is 0 Å². The molecule has 182 valence electrons. The molecule has 36 heavy (non-hydrogen) atoms. The van der Waals surface area contributed by atoms with Gasteiger partial charge in [0.05, 0.1) is 5.70 Å². The maximum absolute atomic E-state index is 13.3. The Morgan fingerprint density at radius 2 is 1.78 bits per heavy atom. The van der Waals surface area contributed by atoms with E-state index < -0.39 is 0 Å². The van der Waals surface area contributed by atoms with Crippen LogP contribution in [0.1, 0.15) is 60.0 Å². The van der Waals surface area contributed by atoms with Crippen LogP contribution < -0.4 is 10.6 Å². The van der Waals surface area contributed by atoms with E-state index in [1.54, 1.807) is 0 Å². The number of allylic oxidation sites excluding steroid dienone is 1. The van der Waals surface area contributed by atoms with Gasteiger partial charge in [-0.3, -0.25) is 9.59 Å². The minimum Gasteiger partial charge on any atom is -0.383 e. The third-order valence-electron chi connectivity index (χ3n) is 6.94. The van der Waals surface area contributed by atoms with Gasteiger partial charge in [-0.1, -0.05) is 73.9 Å². The molecular formula is C30H29N3O2S. The van der Waals surface area contributed by atoms with E-state index in [2.05, 4.69) is 28.8 Å². The van der Waals surface area contributed by atoms with Crippen molar-refractivity contribution in [3.8, 4) is 6.07 Å². The van der Waals surface area contributed by atoms with Crippen molar-refractivity contribution in [2.45, 2.75) is 55.2 Å². The average molecular weight is 496 g/mol. The molecule has 0 saturated heterocycles. The van der Waals surface area contributed by atoms with Gasteiger partial charge >= 0.3 is 0 Å². The Morgan fingerprint density at radius 1 is 0.972 bits per heavy atom. The number of nitrogens with one attached hydrogen (secondary N) is 2. The molecule has 5 nitrogen and oxygen atoms in total. The number of ketones is 1. The summed E-state index contributed by atoms with van der Waals surface area (Å²) in [5, 5.41) is 18.6. The summed E-state index contributed by atoms with van der Waals surface area (Å²) in [5.41, 5.74) is 3.10. The Balaban J connectivity index is 1.35. The summed E-state index contributed by atoms with van der Waals surface area (Å²) in [5.74, 6) is -0.344. The van der Waals surface area contributed by atoms with Gasteiger partial charge in [0.1, 0.15) is 11.6 Å². The molecule has 0 unspecified atom stereocenters. The monoisotopic (exact) mass is 495 g/mol. The molecule has 2 N–H and O–H groups in total. The molecule has 1 amide bonds. The SMILES string of the molecule is N#CC1=C(NCCC(=O)NCc2ccccc2)c2ccc(SC3CCCCC3)c3cccc(c23)C1=O. The fourth-order valence-electron chi connectivity index (χ4n) is 5.10. The quantitative estimate of drug-likeness (QED) is 0.401. The summed E-state index contributed by atoms with van der Waals surface area (Å²) in [6, 6.07) is 21.8. The predicted octanol–water partition coefficient (Wildman–Crippen LogP) is 5.99. The maximum Gasteiger partial charge on any atom is 0.222 e. The molecule has 0 radical (unpaired) electrons. The van der Waals surface area contributed by atoms with Crippen LogP contribution in [0.15, 0.2) is 71.1 Å². The van der Waals surface area contributed by atoms with Gasteiger partial charge in [-0.2, -0.15) is 5.26 Å². The highest BCUT2D eigenvalue weighted by molar-refractivity contribution is 8.00. The third kappa shape index (κ3) is 5.03. The highest BCUT2D eigenvalue weighted by Crippen LogP contribution is 2.42. The van der Waals surface area contributed by atoms with E-state index in [1.807, 2.05) is 60.3 Å². The van der Waals surface area contributed by atoms with Crippen LogP contribution in [-0.2, 0) is 11.3 Å². The van der Waals surface area contributed by atoms with Gasteiger partial charge in [-0.15, -0.1) is 11.8 Å². The Bertz CT molecular complexity index is 1370. The first-order chi connectivity index (χ1) is 17.7. The van der Waals surface area contributed by atoms with E-state index in [0.29, 0.717) is 29.6 Å². The molecule has 1 fully saturated rings. The van der Waals surface area contributed by atoms with E-state index in [-0.39, 0.29) is 23.7 Å². The Labute approximate surface area is 216 Å². The lowest BCUT2D eigenvalue weighted by Gasteiger charge is -2.25. The number of amides is 1. The van der Waals surface area contributed by atoms with Gasteiger partial charge in [-0.25, -0.2) is 0 Å². The summed E-state index contributed by atoms with van der Waals surface area (Å²) in [6.07, 6.45) is 6.56. The smallest absolute Gasteiger partial charge is 0.222 e. The molecule has 0 atom stereocenters. The second-order valence-electron chi connectivity index (χ2n) is 9.35. The van der Waals surface area contributed by atoms with Crippen molar-refractivity contribution in [3.05, 3.63) is 82.9 Å². The van der Waals surface area contributed by atoms with E-state index in [0.717, 1.165) is 21.9 Å². The average Bonchev–Trinajstić information content (AvgIpc) is 2.92. The number of hydrogen-bond acceptors (Lipinski definition) is 5. The summed E-state index contributed by atoms with van der Waals surface area (Å²) >= 11 is 1.91. The molecule has 2 aliphatic rings. The zero-order valence-electron chi connectivity index (χ0n) is 20.2. The van der Waals surface area contributed by atoms with Crippen molar-refractivity contribution in [1.29, 1.82) is 5.26 Å². The molecule has 2 aliphatic carbocycles. The second-order valence-corrected chi connectivity index (χ2v) is 10.7. The number of rotatable bonds is 8. The lowest BCUT2D eigenvalue weighted by Crippen LogP contribution is -2.28. The van der Waals surface area contributed by atoms with Gasteiger partial charge in [0.15, 0.2) is 0 Å². The molecule has 0 bridgehead atoms. The van der Waals surface area contributed by atoms with Crippen LogP contribution in [0.25, 0.3) is 16.5 Å².